The highest BCUT2D eigenvalue weighted by Gasteiger charge is 2.34. The predicted octanol–water partition coefficient (Wildman–Crippen LogP) is 4.34. The number of hydrogen-bond donors (Lipinski definition) is 3. The fourth-order valence-corrected chi connectivity index (χ4v) is 4.58. The number of rotatable bonds is 6. The molecular formula is C26H28ClN3O5. The third kappa shape index (κ3) is 5.83. The fraction of sp³-hybridized carbons (Fsp3) is 0.346. The van der Waals surface area contributed by atoms with E-state index in [4.69, 9.17) is 16.3 Å². The number of morpholine rings is 1. The molecule has 1 saturated heterocycles. The SMILES string of the molecule is Cc1ccc(Cl)cc1NC(=O)c1cc(NC(=O)C2CC=CCC2C(=O)O)ccc1N1CCOCC1. The molecule has 2 atom stereocenters. The maximum Gasteiger partial charge on any atom is 0.307 e. The number of ether oxygens (including phenoxy) is 1. The van der Waals surface area contributed by atoms with Crippen LogP contribution in [0.5, 0.6) is 0 Å². The number of nitrogens with zero attached hydrogens (tertiary/aromatic N) is 1. The molecule has 0 spiro atoms. The van der Waals surface area contributed by atoms with Crippen molar-refractivity contribution in [3.05, 3.63) is 64.7 Å². The lowest BCUT2D eigenvalue weighted by Crippen LogP contribution is -2.37. The molecule has 0 aromatic heterocycles. The van der Waals surface area contributed by atoms with Crippen LogP contribution in [0.4, 0.5) is 17.1 Å². The van der Waals surface area contributed by atoms with Gasteiger partial charge in [-0.25, -0.2) is 0 Å². The van der Waals surface area contributed by atoms with Gasteiger partial charge in [0.15, 0.2) is 0 Å². The molecule has 2 aromatic carbocycles. The van der Waals surface area contributed by atoms with Gasteiger partial charge in [0, 0.05) is 35.2 Å². The standard InChI is InChI=1S/C26H28ClN3O5/c1-16-6-7-17(27)14-22(16)29-25(32)21-15-18(8-9-23(21)30-10-12-35-13-11-30)28-24(31)19-4-2-3-5-20(19)26(33)34/h2-3,6-9,14-15,19-20H,4-5,10-13H2,1H3,(H,28,31)(H,29,32)(H,33,34). The van der Waals surface area contributed by atoms with Crippen LogP contribution in [0.3, 0.4) is 0 Å². The Morgan fingerprint density at radius 1 is 1.00 bits per heavy atom. The van der Waals surface area contributed by atoms with Gasteiger partial charge in [-0.05, 0) is 55.7 Å². The highest BCUT2D eigenvalue weighted by Crippen LogP contribution is 2.30. The van der Waals surface area contributed by atoms with Crippen molar-refractivity contribution in [1.29, 1.82) is 0 Å². The Balaban J connectivity index is 1.62. The molecule has 1 fully saturated rings. The van der Waals surface area contributed by atoms with Crippen LogP contribution in [-0.4, -0.2) is 49.2 Å². The van der Waals surface area contributed by atoms with E-state index in [1.54, 1.807) is 36.4 Å². The second-order valence-corrected chi connectivity index (χ2v) is 9.16. The van der Waals surface area contributed by atoms with Crippen molar-refractivity contribution in [1.82, 2.24) is 0 Å². The average Bonchev–Trinajstić information content (AvgIpc) is 2.86. The Labute approximate surface area is 208 Å². The number of aryl methyl sites for hydroxylation is 1. The quantitative estimate of drug-likeness (QED) is 0.512. The maximum absolute atomic E-state index is 13.4. The number of aliphatic carboxylic acids is 1. The van der Waals surface area contributed by atoms with Gasteiger partial charge in [0.05, 0.1) is 30.6 Å². The number of carbonyl (C=O) groups is 3. The van der Waals surface area contributed by atoms with Gasteiger partial charge in [0.25, 0.3) is 5.91 Å². The van der Waals surface area contributed by atoms with Crippen molar-refractivity contribution in [2.45, 2.75) is 19.8 Å². The van der Waals surface area contributed by atoms with E-state index in [9.17, 15) is 19.5 Å². The minimum atomic E-state index is -0.992. The summed E-state index contributed by atoms with van der Waals surface area (Å²) in [5.74, 6) is -3.16. The molecule has 35 heavy (non-hydrogen) atoms. The van der Waals surface area contributed by atoms with Crippen LogP contribution in [0.1, 0.15) is 28.8 Å². The molecule has 1 aliphatic carbocycles. The molecule has 184 valence electrons. The van der Waals surface area contributed by atoms with E-state index in [2.05, 4.69) is 15.5 Å². The van der Waals surface area contributed by atoms with Crippen LogP contribution >= 0.6 is 11.6 Å². The van der Waals surface area contributed by atoms with Gasteiger partial charge in [-0.15, -0.1) is 0 Å². The van der Waals surface area contributed by atoms with Gasteiger partial charge in [-0.1, -0.05) is 29.8 Å². The molecule has 8 nitrogen and oxygen atoms in total. The number of benzene rings is 2. The van der Waals surface area contributed by atoms with Crippen molar-refractivity contribution in [2.24, 2.45) is 11.8 Å². The molecule has 2 amide bonds. The molecule has 3 N–H and O–H groups in total. The molecule has 2 aliphatic rings. The fourth-order valence-electron chi connectivity index (χ4n) is 4.41. The minimum Gasteiger partial charge on any atom is -0.481 e. The number of halogens is 1. The van der Waals surface area contributed by atoms with E-state index in [0.29, 0.717) is 61.1 Å². The molecule has 2 aromatic rings. The lowest BCUT2D eigenvalue weighted by atomic mass is 9.82. The van der Waals surface area contributed by atoms with Crippen molar-refractivity contribution >= 4 is 46.4 Å². The largest absolute Gasteiger partial charge is 0.481 e. The lowest BCUT2D eigenvalue weighted by molar-refractivity contribution is -0.146. The van der Waals surface area contributed by atoms with Crippen molar-refractivity contribution in [3.63, 3.8) is 0 Å². The van der Waals surface area contributed by atoms with Crippen LogP contribution in [0.15, 0.2) is 48.6 Å². The number of carboxylic acids is 1. The van der Waals surface area contributed by atoms with Crippen molar-refractivity contribution < 1.29 is 24.2 Å². The molecule has 4 rings (SSSR count). The number of allylic oxidation sites excluding steroid dienone is 2. The molecule has 9 heteroatoms. The van der Waals surface area contributed by atoms with Gasteiger partial charge < -0.3 is 25.4 Å². The topological polar surface area (TPSA) is 108 Å². The highest BCUT2D eigenvalue weighted by molar-refractivity contribution is 6.31. The zero-order chi connectivity index (χ0) is 24.9. The summed E-state index contributed by atoms with van der Waals surface area (Å²) in [6, 6.07) is 10.4. The number of anilines is 3. The Morgan fingerprint density at radius 2 is 1.71 bits per heavy atom. The van der Waals surface area contributed by atoms with Crippen LogP contribution in [0.25, 0.3) is 0 Å². The third-order valence-corrected chi connectivity index (χ3v) is 6.63. The second-order valence-electron chi connectivity index (χ2n) is 8.73. The number of nitrogens with one attached hydrogen (secondary N) is 2. The number of hydrogen-bond acceptors (Lipinski definition) is 5. The summed E-state index contributed by atoms with van der Waals surface area (Å²) in [4.78, 5) is 40.1. The predicted molar refractivity (Wildman–Crippen MR) is 135 cm³/mol. The second kappa shape index (κ2) is 10.9. The van der Waals surface area contributed by atoms with Crippen molar-refractivity contribution in [2.75, 3.05) is 41.8 Å². The average molecular weight is 498 g/mol. The zero-order valence-corrected chi connectivity index (χ0v) is 20.2. The molecular weight excluding hydrogens is 470 g/mol. The molecule has 0 saturated carbocycles. The maximum atomic E-state index is 13.4. The van der Waals surface area contributed by atoms with E-state index in [-0.39, 0.29) is 11.8 Å². The molecule has 1 aliphatic heterocycles. The number of carboxylic acid groups (broad SMARTS) is 1. The summed E-state index contributed by atoms with van der Waals surface area (Å²) in [6.07, 6.45) is 4.30. The van der Waals surface area contributed by atoms with E-state index >= 15 is 0 Å². The van der Waals surface area contributed by atoms with Gasteiger partial charge in [0.1, 0.15) is 0 Å². The normalized spacial score (nSPS) is 19.8. The zero-order valence-electron chi connectivity index (χ0n) is 19.4. The van der Waals surface area contributed by atoms with E-state index in [1.165, 1.54) is 0 Å². The Bertz CT molecular complexity index is 1160. The monoisotopic (exact) mass is 497 g/mol. The smallest absolute Gasteiger partial charge is 0.307 e. The van der Waals surface area contributed by atoms with Crippen LogP contribution in [0, 0.1) is 18.8 Å². The highest BCUT2D eigenvalue weighted by atomic mass is 35.5. The summed E-state index contributed by atoms with van der Waals surface area (Å²) >= 11 is 6.12. The molecule has 0 radical (unpaired) electrons. The third-order valence-electron chi connectivity index (χ3n) is 6.39. The minimum absolute atomic E-state index is 0.316. The Morgan fingerprint density at radius 3 is 2.43 bits per heavy atom. The molecule has 0 bridgehead atoms. The first-order chi connectivity index (χ1) is 16.8. The van der Waals surface area contributed by atoms with Gasteiger partial charge >= 0.3 is 5.97 Å². The molecule has 1 heterocycles. The Kier molecular flexibility index (Phi) is 7.73. The van der Waals surface area contributed by atoms with Crippen LogP contribution in [-0.2, 0) is 14.3 Å². The van der Waals surface area contributed by atoms with Crippen LogP contribution in [0.2, 0.25) is 5.02 Å². The first-order valence-corrected chi connectivity index (χ1v) is 11.9. The summed E-state index contributed by atoms with van der Waals surface area (Å²) in [5.41, 5.74) is 3.02. The Hall–Kier alpha value is -3.36. The lowest BCUT2D eigenvalue weighted by Gasteiger charge is -2.31. The summed E-state index contributed by atoms with van der Waals surface area (Å²) in [7, 11) is 0. The van der Waals surface area contributed by atoms with Crippen LogP contribution < -0.4 is 15.5 Å². The van der Waals surface area contributed by atoms with E-state index in [0.717, 1.165) is 11.3 Å². The number of amides is 2. The number of carbonyl (C=O) groups excluding carboxylic acids is 2. The van der Waals surface area contributed by atoms with Crippen molar-refractivity contribution in [3.8, 4) is 0 Å². The first-order valence-electron chi connectivity index (χ1n) is 11.6. The molecule has 2 unspecified atom stereocenters. The van der Waals surface area contributed by atoms with E-state index < -0.39 is 17.8 Å². The first kappa shape index (κ1) is 24.8. The summed E-state index contributed by atoms with van der Waals surface area (Å²) in [5, 5.41) is 15.8. The van der Waals surface area contributed by atoms with Gasteiger partial charge in [0.2, 0.25) is 5.91 Å². The van der Waals surface area contributed by atoms with Gasteiger partial charge in [-0.2, -0.15) is 0 Å². The van der Waals surface area contributed by atoms with Gasteiger partial charge in [-0.3, -0.25) is 14.4 Å². The summed E-state index contributed by atoms with van der Waals surface area (Å²) in [6.45, 7) is 4.26. The van der Waals surface area contributed by atoms with E-state index in [1.807, 2.05) is 19.1 Å². The summed E-state index contributed by atoms with van der Waals surface area (Å²) < 4.78 is 5.45.